The molecule has 1 saturated heterocycles. The van der Waals surface area contributed by atoms with Crippen molar-refractivity contribution in [1.29, 1.82) is 0 Å². The highest BCUT2D eigenvalue weighted by atomic mass is 16.5. The van der Waals surface area contributed by atoms with Gasteiger partial charge in [-0.05, 0) is 30.5 Å². The first kappa shape index (κ1) is 15.0. The largest absolute Gasteiger partial charge is 0.481 e. The summed E-state index contributed by atoms with van der Waals surface area (Å²) in [5.74, 6) is -0.657. The molecular formula is C16H23NO3. The van der Waals surface area contributed by atoms with Crippen LogP contribution in [0.1, 0.15) is 30.9 Å². The monoisotopic (exact) mass is 277 g/mol. The van der Waals surface area contributed by atoms with Crippen molar-refractivity contribution in [3.05, 3.63) is 35.4 Å². The summed E-state index contributed by atoms with van der Waals surface area (Å²) in [5, 5.41) is 9.42. The van der Waals surface area contributed by atoms with E-state index in [9.17, 15) is 9.90 Å². The number of nitrogens with zero attached hydrogens (tertiary/aromatic N) is 1. The molecule has 0 aliphatic carbocycles. The first-order valence-electron chi connectivity index (χ1n) is 7.12. The van der Waals surface area contributed by atoms with Crippen molar-refractivity contribution in [2.75, 3.05) is 20.2 Å². The summed E-state index contributed by atoms with van der Waals surface area (Å²) in [4.78, 5) is 13.7. The molecule has 1 atom stereocenters. The van der Waals surface area contributed by atoms with E-state index in [0.717, 1.165) is 25.1 Å². The summed E-state index contributed by atoms with van der Waals surface area (Å²) >= 11 is 0. The highest BCUT2D eigenvalue weighted by Crippen LogP contribution is 2.34. The van der Waals surface area contributed by atoms with E-state index >= 15 is 0 Å². The maximum Gasteiger partial charge on any atom is 0.310 e. The number of carboxylic acid groups (broad SMARTS) is 1. The van der Waals surface area contributed by atoms with E-state index in [-0.39, 0.29) is 0 Å². The Balaban J connectivity index is 2.01. The first-order valence-corrected chi connectivity index (χ1v) is 7.12. The minimum Gasteiger partial charge on any atom is -0.481 e. The van der Waals surface area contributed by atoms with Crippen LogP contribution in [0.2, 0.25) is 0 Å². The topological polar surface area (TPSA) is 49.8 Å². The summed E-state index contributed by atoms with van der Waals surface area (Å²) in [5.41, 5.74) is 1.82. The maximum atomic E-state index is 11.4. The number of benzene rings is 1. The lowest BCUT2D eigenvalue weighted by Crippen LogP contribution is -2.33. The molecule has 110 valence electrons. The third kappa shape index (κ3) is 3.19. The summed E-state index contributed by atoms with van der Waals surface area (Å²) < 4.78 is 5.14. The molecule has 0 saturated carbocycles. The van der Waals surface area contributed by atoms with Crippen LogP contribution in [0.25, 0.3) is 0 Å². The molecule has 1 unspecified atom stereocenters. The van der Waals surface area contributed by atoms with Gasteiger partial charge in [0.1, 0.15) is 0 Å². The van der Waals surface area contributed by atoms with Gasteiger partial charge in [0.2, 0.25) is 0 Å². The van der Waals surface area contributed by atoms with Crippen LogP contribution < -0.4 is 0 Å². The average Bonchev–Trinajstić information content (AvgIpc) is 2.84. The van der Waals surface area contributed by atoms with Crippen LogP contribution in [-0.2, 0) is 22.7 Å². The highest BCUT2D eigenvalue weighted by Gasteiger charge is 2.42. The van der Waals surface area contributed by atoms with Gasteiger partial charge in [-0.25, -0.2) is 0 Å². The quantitative estimate of drug-likeness (QED) is 0.868. The van der Waals surface area contributed by atoms with Crippen molar-refractivity contribution in [1.82, 2.24) is 4.90 Å². The van der Waals surface area contributed by atoms with Crippen molar-refractivity contribution in [3.8, 4) is 0 Å². The molecule has 0 amide bonds. The Morgan fingerprint density at radius 2 is 2.20 bits per heavy atom. The number of hydrogen-bond donors (Lipinski definition) is 1. The number of rotatable bonds is 6. The van der Waals surface area contributed by atoms with Crippen molar-refractivity contribution < 1.29 is 14.6 Å². The fraction of sp³-hybridized carbons (Fsp3) is 0.562. The van der Waals surface area contributed by atoms with Crippen LogP contribution in [0.3, 0.4) is 0 Å². The highest BCUT2D eigenvalue weighted by molar-refractivity contribution is 5.75. The lowest BCUT2D eigenvalue weighted by atomic mass is 9.84. The zero-order valence-electron chi connectivity index (χ0n) is 12.3. The van der Waals surface area contributed by atoms with Gasteiger partial charge < -0.3 is 9.84 Å². The van der Waals surface area contributed by atoms with Gasteiger partial charge in [0, 0.05) is 20.2 Å². The van der Waals surface area contributed by atoms with E-state index in [0.29, 0.717) is 19.6 Å². The summed E-state index contributed by atoms with van der Waals surface area (Å²) in [6, 6.07) is 8.30. The summed E-state index contributed by atoms with van der Waals surface area (Å²) in [6.07, 6.45) is 1.44. The van der Waals surface area contributed by atoms with E-state index in [2.05, 4.69) is 17.0 Å². The molecule has 0 bridgehead atoms. The number of methoxy groups -OCH3 is 1. The van der Waals surface area contributed by atoms with Gasteiger partial charge >= 0.3 is 5.97 Å². The molecular weight excluding hydrogens is 254 g/mol. The second-order valence-electron chi connectivity index (χ2n) is 5.65. The molecule has 0 aromatic heterocycles. The lowest BCUT2D eigenvalue weighted by molar-refractivity contribution is -0.148. The van der Waals surface area contributed by atoms with Crippen molar-refractivity contribution in [3.63, 3.8) is 0 Å². The molecule has 1 aromatic rings. The minimum absolute atomic E-state index is 0.551. The minimum atomic E-state index is -0.657. The number of hydrogen-bond acceptors (Lipinski definition) is 3. The van der Waals surface area contributed by atoms with Crippen LogP contribution in [0.15, 0.2) is 24.3 Å². The molecule has 20 heavy (non-hydrogen) atoms. The Bertz CT molecular complexity index is 475. The van der Waals surface area contributed by atoms with E-state index < -0.39 is 11.4 Å². The van der Waals surface area contributed by atoms with Gasteiger partial charge in [-0.1, -0.05) is 31.2 Å². The molecule has 1 fully saturated rings. The third-order valence-electron chi connectivity index (χ3n) is 4.27. The molecule has 1 heterocycles. The third-order valence-corrected chi connectivity index (χ3v) is 4.27. The van der Waals surface area contributed by atoms with Crippen molar-refractivity contribution in [2.24, 2.45) is 5.41 Å². The van der Waals surface area contributed by atoms with Gasteiger partial charge in [0.05, 0.1) is 12.0 Å². The van der Waals surface area contributed by atoms with Crippen LogP contribution in [0.4, 0.5) is 0 Å². The van der Waals surface area contributed by atoms with Gasteiger partial charge in [-0.2, -0.15) is 0 Å². The zero-order valence-corrected chi connectivity index (χ0v) is 12.3. The maximum absolute atomic E-state index is 11.4. The van der Waals surface area contributed by atoms with E-state index in [1.54, 1.807) is 7.11 Å². The molecule has 2 rings (SSSR count). The van der Waals surface area contributed by atoms with Gasteiger partial charge in [-0.3, -0.25) is 9.69 Å². The number of likely N-dealkylation sites (tertiary alicyclic amines) is 1. The van der Waals surface area contributed by atoms with E-state index in [1.165, 1.54) is 5.56 Å². The molecule has 0 radical (unpaired) electrons. The zero-order chi connectivity index (χ0) is 14.6. The normalized spacial score (nSPS) is 23.1. The number of aliphatic carboxylic acids is 1. The van der Waals surface area contributed by atoms with Crippen LogP contribution in [-0.4, -0.2) is 36.2 Å². The van der Waals surface area contributed by atoms with E-state index in [1.807, 2.05) is 19.1 Å². The molecule has 4 heteroatoms. The van der Waals surface area contributed by atoms with E-state index in [4.69, 9.17) is 4.74 Å². The van der Waals surface area contributed by atoms with Crippen molar-refractivity contribution >= 4 is 5.97 Å². The smallest absolute Gasteiger partial charge is 0.310 e. The molecule has 4 nitrogen and oxygen atoms in total. The predicted molar refractivity (Wildman–Crippen MR) is 77.4 cm³/mol. The SMILES string of the molecule is CCC1(C(=O)O)CCN(Cc2cccc(COC)c2)C1. The van der Waals surface area contributed by atoms with Gasteiger partial charge in [0.25, 0.3) is 0 Å². The first-order chi connectivity index (χ1) is 9.59. The summed E-state index contributed by atoms with van der Waals surface area (Å²) in [6.45, 7) is 4.90. The Kier molecular flexibility index (Phi) is 4.78. The Labute approximate surface area is 120 Å². The Morgan fingerprint density at radius 1 is 1.45 bits per heavy atom. The van der Waals surface area contributed by atoms with Crippen molar-refractivity contribution in [2.45, 2.75) is 32.9 Å². The second kappa shape index (κ2) is 6.37. The number of carboxylic acids is 1. The molecule has 1 aliphatic heterocycles. The Hall–Kier alpha value is -1.39. The standard InChI is InChI=1S/C16H23NO3/c1-3-16(15(18)19)7-8-17(12-16)10-13-5-4-6-14(9-13)11-20-2/h4-6,9H,3,7-8,10-12H2,1-2H3,(H,18,19). The lowest BCUT2D eigenvalue weighted by Gasteiger charge is -2.23. The number of ether oxygens (including phenoxy) is 1. The van der Waals surface area contributed by atoms with Gasteiger partial charge in [0.15, 0.2) is 0 Å². The average molecular weight is 277 g/mol. The molecule has 1 aliphatic rings. The van der Waals surface area contributed by atoms with Crippen LogP contribution in [0, 0.1) is 5.41 Å². The number of carbonyl (C=O) groups is 1. The summed E-state index contributed by atoms with van der Waals surface area (Å²) in [7, 11) is 1.69. The molecule has 0 spiro atoms. The van der Waals surface area contributed by atoms with Gasteiger partial charge in [-0.15, -0.1) is 0 Å². The van der Waals surface area contributed by atoms with Crippen LogP contribution >= 0.6 is 0 Å². The fourth-order valence-corrected chi connectivity index (χ4v) is 2.95. The second-order valence-corrected chi connectivity index (χ2v) is 5.65. The predicted octanol–water partition coefficient (Wildman–Crippen LogP) is 2.52. The van der Waals surface area contributed by atoms with Crippen LogP contribution in [0.5, 0.6) is 0 Å². The fourth-order valence-electron chi connectivity index (χ4n) is 2.95. The Morgan fingerprint density at radius 3 is 2.80 bits per heavy atom. The molecule has 1 N–H and O–H groups in total. The molecule has 1 aromatic carbocycles.